The van der Waals surface area contributed by atoms with E-state index in [-0.39, 0.29) is 5.78 Å². The predicted octanol–water partition coefficient (Wildman–Crippen LogP) is 3.88. The molecule has 0 unspecified atom stereocenters. The second-order valence-corrected chi connectivity index (χ2v) is 5.29. The molecule has 0 aliphatic rings. The summed E-state index contributed by atoms with van der Waals surface area (Å²) in [5, 5.41) is 6.04. The van der Waals surface area contributed by atoms with Crippen molar-refractivity contribution in [2.45, 2.75) is 6.92 Å². The number of benzene rings is 2. The van der Waals surface area contributed by atoms with Gasteiger partial charge in [-0.25, -0.2) is 0 Å². The Morgan fingerprint density at radius 3 is 2.09 bits per heavy atom. The number of hydrogen-bond donors (Lipinski definition) is 2. The molecule has 0 aliphatic heterocycles. The molecule has 0 amide bonds. The van der Waals surface area contributed by atoms with E-state index in [9.17, 15) is 4.79 Å². The van der Waals surface area contributed by atoms with E-state index in [1.807, 2.05) is 74.7 Å². The van der Waals surface area contributed by atoms with Crippen LogP contribution in [0.2, 0.25) is 0 Å². The zero-order valence-corrected chi connectivity index (χ0v) is 13.8. The van der Waals surface area contributed by atoms with Gasteiger partial charge in [0, 0.05) is 19.8 Å². The standard InChI is InChI=1S/C20H22N2O/c1-15-4-6-16(7-5-15)10-13-20(23)19(22-3)14-17-8-11-18(21-2)12-9-17/h4-14,21-22H,1-3H3. The van der Waals surface area contributed by atoms with Crippen LogP contribution < -0.4 is 10.6 Å². The lowest BCUT2D eigenvalue weighted by atomic mass is 10.1. The molecule has 0 atom stereocenters. The van der Waals surface area contributed by atoms with Crippen molar-refractivity contribution >= 4 is 23.6 Å². The Hall–Kier alpha value is -2.81. The fourth-order valence-electron chi connectivity index (χ4n) is 2.12. The van der Waals surface area contributed by atoms with Crippen LogP contribution in [-0.2, 0) is 4.79 Å². The number of nitrogens with one attached hydrogen (secondary N) is 2. The van der Waals surface area contributed by atoms with E-state index >= 15 is 0 Å². The first-order chi connectivity index (χ1) is 11.1. The van der Waals surface area contributed by atoms with E-state index in [1.54, 1.807) is 13.1 Å². The van der Waals surface area contributed by atoms with Crippen molar-refractivity contribution < 1.29 is 4.79 Å². The zero-order valence-electron chi connectivity index (χ0n) is 13.8. The number of rotatable bonds is 6. The van der Waals surface area contributed by atoms with Crippen molar-refractivity contribution in [1.82, 2.24) is 5.32 Å². The van der Waals surface area contributed by atoms with Crippen LogP contribution in [0.25, 0.3) is 12.2 Å². The van der Waals surface area contributed by atoms with Crippen LogP contribution in [0.1, 0.15) is 16.7 Å². The Bertz CT molecular complexity index is 710. The molecule has 2 aromatic carbocycles. The smallest absolute Gasteiger partial charge is 0.201 e. The van der Waals surface area contributed by atoms with Crippen LogP contribution in [0, 0.1) is 6.92 Å². The van der Waals surface area contributed by atoms with Crippen molar-refractivity contribution in [3.63, 3.8) is 0 Å². The highest BCUT2D eigenvalue weighted by molar-refractivity contribution is 6.08. The molecule has 0 aromatic heterocycles. The summed E-state index contributed by atoms with van der Waals surface area (Å²) in [5.74, 6) is -0.0502. The van der Waals surface area contributed by atoms with Gasteiger partial charge in [0.15, 0.2) is 0 Å². The molecule has 0 heterocycles. The summed E-state index contributed by atoms with van der Waals surface area (Å²) in [7, 11) is 3.63. The molecule has 2 rings (SSSR count). The van der Waals surface area contributed by atoms with E-state index in [1.165, 1.54) is 5.56 Å². The topological polar surface area (TPSA) is 41.1 Å². The van der Waals surface area contributed by atoms with Gasteiger partial charge in [0.05, 0.1) is 5.70 Å². The average molecular weight is 306 g/mol. The third-order valence-corrected chi connectivity index (χ3v) is 3.55. The van der Waals surface area contributed by atoms with E-state index in [0.717, 1.165) is 16.8 Å². The van der Waals surface area contributed by atoms with E-state index in [4.69, 9.17) is 0 Å². The summed E-state index contributed by atoms with van der Waals surface area (Å²) in [6, 6.07) is 16.0. The van der Waals surface area contributed by atoms with Crippen molar-refractivity contribution in [3.8, 4) is 0 Å². The van der Waals surface area contributed by atoms with Crippen LogP contribution in [0.4, 0.5) is 5.69 Å². The predicted molar refractivity (Wildman–Crippen MR) is 98.2 cm³/mol. The van der Waals surface area contributed by atoms with E-state index in [0.29, 0.717) is 5.70 Å². The number of hydrogen-bond acceptors (Lipinski definition) is 3. The molecule has 3 heteroatoms. The highest BCUT2D eigenvalue weighted by Crippen LogP contribution is 2.12. The van der Waals surface area contributed by atoms with Crippen LogP contribution in [0.3, 0.4) is 0 Å². The number of ketones is 1. The van der Waals surface area contributed by atoms with Crippen molar-refractivity contribution in [2.75, 3.05) is 19.4 Å². The average Bonchev–Trinajstić information content (AvgIpc) is 2.59. The first-order valence-corrected chi connectivity index (χ1v) is 7.58. The zero-order chi connectivity index (χ0) is 16.7. The molecular formula is C20H22N2O. The minimum atomic E-state index is -0.0502. The summed E-state index contributed by atoms with van der Waals surface area (Å²) in [6.45, 7) is 2.04. The molecule has 2 N–H and O–H groups in total. The van der Waals surface area contributed by atoms with Gasteiger partial charge in [-0.1, -0.05) is 48.0 Å². The minimum absolute atomic E-state index is 0.0502. The van der Waals surface area contributed by atoms with Crippen LogP contribution in [-0.4, -0.2) is 19.9 Å². The Morgan fingerprint density at radius 2 is 1.52 bits per heavy atom. The third kappa shape index (κ3) is 4.85. The van der Waals surface area contributed by atoms with Crippen LogP contribution >= 0.6 is 0 Å². The highest BCUT2D eigenvalue weighted by atomic mass is 16.1. The largest absolute Gasteiger partial charge is 0.388 e. The van der Waals surface area contributed by atoms with Gasteiger partial charge in [0.2, 0.25) is 5.78 Å². The van der Waals surface area contributed by atoms with Gasteiger partial charge in [-0.2, -0.15) is 0 Å². The van der Waals surface area contributed by atoms with E-state index in [2.05, 4.69) is 10.6 Å². The molecule has 2 aromatic rings. The fraction of sp³-hybridized carbons (Fsp3) is 0.150. The molecule has 0 spiro atoms. The number of anilines is 1. The number of aryl methyl sites for hydroxylation is 1. The minimum Gasteiger partial charge on any atom is -0.388 e. The van der Waals surface area contributed by atoms with Crippen molar-refractivity contribution in [3.05, 3.63) is 77.0 Å². The Labute approximate surface area is 137 Å². The SMILES string of the molecule is CNC(=Cc1ccc(NC)cc1)C(=O)C=Cc1ccc(C)cc1. The van der Waals surface area contributed by atoms with Crippen LogP contribution in [0.15, 0.2) is 60.3 Å². The highest BCUT2D eigenvalue weighted by Gasteiger charge is 2.04. The monoisotopic (exact) mass is 306 g/mol. The van der Waals surface area contributed by atoms with Gasteiger partial charge in [0.25, 0.3) is 0 Å². The molecule has 118 valence electrons. The summed E-state index contributed by atoms with van der Waals surface area (Å²) in [4.78, 5) is 12.3. The first-order valence-electron chi connectivity index (χ1n) is 7.58. The molecule has 0 saturated heterocycles. The van der Waals surface area contributed by atoms with Gasteiger partial charge >= 0.3 is 0 Å². The van der Waals surface area contributed by atoms with Gasteiger partial charge in [0.1, 0.15) is 0 Å². The normalized spacial score (nSPS) is 11.5. The third-order valence-electron chi connectivity index (χ3n) is 3.55. The first kappa shape index (κ1) is 16.6. The molecule has 0 fully saturated rings. The van der Waals surface area contributed by atoms with Crippen LogP contribution in [0.5, 0.6) is 0 Å². The molecular weight excluding hydrogens is 284 g/mol. The fourth-order valence-corrected chi connectivity index (χ4v) is 2.12. The number of carbonyl (C=O) groups is 1. The maximum atomic E-state index is 12.3. The number of likely N-dealkylation sites (N-methyl/N-ethyl adjacent to an activating group) is 1. The Kier molecular flexibility index (Phi) is 5.75. The van der Waals surface area contributed by atoms with Gasteiger partial charge in [-0.15, -0.1) is 0 Å². The van der Waals surface area contributed by atoms with Gasteiger partial charge < -0.3 is 10.6 Å². The maximum Gasteiger partial charge on any atom is 0.201 e. The van der Waals surface area contributed by atoms with Gasteiger partial charge in [-0.05, 0) is 42.3 Å². The molecule has 3 nitrogen and oxygen atoms in total. The number of allylic oxidation sites excluding steroid dienone is 1. The maximum absolute atomic E-state index is 12.3. The lowest BCUT2D eigenvalue weighted by molar-refractivity contribution is -0.111. The molecule has 0 saturated carbocycles. The second kappa shape index (κ2) is 7.99. The van der Waals surface area contributed by atoms with Gasteiger partial charge in [-0.3, -0.25) is 4.79 Å². The quantitative estimate of drug-likeness (QED) is 0.796. The summed E-state index contributed by atoms with van der Waals surface area (Å²) >= 11 is 0. The Balaban J connectivity index is 2.13. The van der Waals surface area contributed by atoms with E-state index < -0.39 is 0 Å². The van der Waals surface area contributed by atoms with Crippen molar-refractivity contribution in [1.29, 1.82) is 0 Å². The lowest BCUT2D eigenvalue weighted by Crippen LogP contribution is -2.13. The summed E-state index contributed by atoms with van der Waals surface area (Å²) in [5.41, 5.74) is 4.79. The van der Waals surface area contributed by atoms with Crippen molar-refractivity contribution in [2.24, 2.45) is 0 Å². The summed E-state index contributed by atoms with van der Waals surface area (Å²) in [6.07, 6.45) is 5.27. The second-order valence-electron chi connectivity index (χ2n) is 5.29. The molecule has 0 radical (unpaired) electrons. The molecule has 0 bridgehead atoms. The lowest BCUT2D eigenvalue weighted by Gasteiger charge is -2.04. The Morgan fingerprint density at radius 1 is 0.913 bits per heavy atom. The molecule has 23 heavy (non-hydrogen) atoms. The summed E-state index contributed by atoms with van der Waals surface area (Å²) < 4.78 is 0. The number of carbonyl (C=O) groups excluding carboxylic acids is 1. The molecule has 0 aliphatic carbocycles.